The molecular formula is C26H26F2N6O2. The highest BCUT2D eigenvalue weighted by Gasteiger charge is 2.28. The Labute approximate surface area is 206 Å². The van der Waals surface area contributed by atoms with Gasteiger partial charge in [-0.1, -0.05) is 11.6 Å². The summed E-state index contributed by atoms with van der Waals surface area (Å²) in [7, 11) is 0. The van der Waals surface area contributed by atoms with E-state index in [-0.39, 0.29) is 0 Å². The van der Waals surface area contributed by atoms with Gasteiger partial charge >= 0.3 is 0 Å². The summed E-state index contributed by atoms with van der Waals surface area (Å²) in [6.45, 7) is 4.31. The zero-order valence-electron chi connectivity index (χ0n) is 19.9. The van der Waals surface area contributed by atoms with Gasteiger partial charge in [0, 0.05) is 36.5 Å². The lowest BCUT2D eigenvalue weighted by Gasteiger charge is -2.31. The number of H-pyrrole nitrogens is 1. The fraction of sp³-hybridized carbons (Fsp3) is 0.308. The Balaban J connectivity index is 1.46. The van der Waals surface area contributed by atoms with Crippen molar-refractivity contribution in [3.05, 3.63) is 71.3 Å². The first kappa shape index (κ1) is 24.0. The lowest BCUT2D eigenvalue weighted by molar-refractivity contribution is -0.0516. The van der Waals surface area contributed by atoms with Crippen molar-refractivity contribution in [1.82, 2.24) is 25.1 Å². The summed E-state index contributed by atoms with van der Waals surface area (Å²) in [5, 5.41) is 27.5. The first-order valence-electron chi connectivity index (χ1n) is 11.7. The van der Waals surface area contributed by atoms with Gasteiger partial charge < -0.3 is 15.1 Å². The first-order chi connectivity index (χ1) is 17.2. The van der Waals surface area contributed by atoms with Crippen LogP contribution in [0.2, 0.25) is 0 Å². The van der Waals surface area contributed by atoms with Gasteiger partial charge in [-0.15, -0.1) is 0 Å². The molecule has 5 rings (SSSR count). The number of nitrogens with zero attached hydrogens (tertiary/aromatic N) is 5. The van der Waals surface area contributed by atoms with Gasteiger partial charge in [0.15, 0.2) is 5.82 Å². The number of nitrogens with one attached hydrogen (secondary N) is 1. The molecule has 0 bridgehead atoms. The van der Waals surface area contributed by atoms with Gasteiger partial charge in [-0.05, 0) is 44.9 Å². The number of rotatable bonds is 5. The minimum absolute atomic E-state index is 0.302. The van der Waals surface area contributed by atoms with Crippen LogP contribution in [-0.2, 0) is 0 Å². The van der Waals surface area contributed by atoms with Crippen molar-refractivity contribution in [1.29, 1.82) is 0 Å². The van der Waals surface area contributed by atoms with Gasteiger partial charge in [0.05, 0.1) is 29.2 Å². The van der Waals surface area contributed by atoms with E-state index in [0.717, 1.165) is 17.2 Å². The third-order valence-corrected chi connectivity index (χ3v) is 6.30. The molecule has 1 aliphatic heterocycles. The highest BCUT2D eigenvalue weighted by molar-refractivity contribution is 5.83. The normalized spacial score (nSPS) is 15.4. The van der Waals surface area contributed by atoms with Crippen LogP contribution in [0.15, 0.2) is 48.4 Å². The van der Waals surface area contributed by atoms with Crippen LogP contribution >= 0.6 is 0 Å². The monoisotopic (exact) mass is 492 g/mol. The summed E-state index contributed by atoms with van der Waals surface area (Å²) in [6.07, 6.45) is 6.93. The molecule has 1 atom stereocenters. The van der Waals surface area contributed by atoms with Crippen LogP contribution in [0.1, 0.15) is 44.1 Å². The Morgan fingerprint density at radius 2 is 1.86 bits per heavy atom. The Bertz CT molecular complexity index is 1420. The number of hydrogen-bond acceptors (Lipinski definition) is 7. The second-order valence-electron chi connectivity index (χ2n) is 9.49. The Morgan fingerprint density at radius 3 is 2.53 bits per heavy atom. The van der Waals surface area contributed by atoms with Gasteiger partial charge in [0.25, 0.3) is 0 Å². The average Bonchev–Trinajstić information content (AvgIpc) is 3.39. The number of aromatic amines is 1. The zero-order chi connectivity index (χ0) is 25.4. The molecular weight excluding hydrogens is 466 g/mol. The molecule has 0 aliphatic carbocycles. The largest absolute Gasteiger partial charge is 0.387 e. The molecule has 1 aromatic carbocycles. The molecule has 186 valence electrons. The molecule has 3 N–H and O–H groups in total. The smallest absolute Gasteiger partial charge is 0.156 e. The van der Waals surface area contributed by atoms with Gasteiger partial charge in [-0.25, -0.2) is 18.7 Å². The van der Waals surface area contributed by atoms with Crippen LogP contribution < -0.4 is 4.90 Å². The maximum Gasteiger partial charge on any atom is 0.156 e. The lowest BCUT2D eigenvalue weighted by Crippen LogP contribution is -2.32. The number of halogens is 2. The van der Waals surface area contributed by atoms with Crippen molar-refractivity contribution in [2.45, 2.75) is 38.4 Å². The van der Waals surface area contributed by atoms with Gasteiger partial charge in [0.1, 0.15) is 28.9 Å². The van der Waals surface area contributed by atoms with Crippen LogP contribution in [0, 0.1) is 11.6 Å². The van der Waals surface area contributed by atoms with E-state index in [1.54, 1.807) is 30.7 Å². The average molecular weight is 493 g/mol. The zero-order valence-corrected chi connectivity index (χ0v) is 19.9. The van der Waals surface area contributed by atoms with Gasteiger partial charge in [-0.2, -0.15) is 5.10 Å². The minimum Gasteiger partial charge on any atom is -0.387 e. The van der Waals surface area contributed by atoms with Gasteiger partial charge in [-0.3, -0.25) is 10.1 Å². The second kappa shape index (κ2) is 9.36. The Hall–Kier alpha value is -3.76. The molecule has 0 amide bonds. The molecule has 10 heteroatoms. The third kappa shape index (κ3) is 4.82. The van der Waals surface area contributed by atoms with E-state index in [4.69, 9.17) is 9.97 Å². The summed E-state index contributed by atoms with van der Waals surface area (Å²) >= 11 is 0. The van der Waals surface area contributed by atoms with E-state index in [9.17, 15) is 19.0 Å². The second-order valence-corrected chi connectivity index (χ2v) is 9.49. The van der Waals surface area contributed by atoms with E-state index in [1.165, 1.54) is 26.0 Å². The first-order valence-corrected chi connectivity index (χ1v) is 11.7. The van der Waals surface area contributed by atoms with Crippen LogP contribution in [0.5, 0.6) is 0 Å². The van der Waals surface area contributed by atoms with Crippen LogP contribution in [0.4, 0.5) is 14.6 Å². The van der Waals surface area contributed by atoms with Gasteiger partial charge in [0.2, 0.25) is 0 Å². The maximum absolute atomic E-state index is 14.1. The molecule has 3 aromatic heterocycles. The number of fused-ring (bicyclic) bond motifs is 1. The number of aliphatic hydroxyl groups excluding tert-OH is 1. The fourth-order valence-electron chi connectivity index (χ4n) is 4.26. The molecule has 1 unspecified atom stereocenters. The molecule has 1 aliphatic rings. The highest BCUT2D eigenvalue weighted by atomic mass is 19.1. The number of anilines is 1. The Kier molecular flexibility index (Phi) is 6.23. The molecule has 0 saturated carbocycles. The van der Waals surface area contributed by atoms with E-state index in [1.807, 2.05) is 0 Å². The number of hydrogen-bond donors (Lipinski definition) is 3. The third-order valence-electron chi connectivity index (χ3n) is 6.30. The number of piperidine rings is 1. The fourth-order valence-corrected chi connectivity index (χ4v) is 4.26. The molecule has 4 aromatic rings. The van der Waals surface area contributed by atoms with Crippen LogP contribution in [0.3, 0.4) is 0 Å². The number of pyridine rings is 1. The molecule has 1 fully saturated rings. The topological polar surface area (TPSA) is 111 Å². The molecule has 36 heavy (non-hydrogen) atoms. The number of aliphatic hydroxyl groups is 2. The van der Waals surface area contributed by atoms with Crippen LogP contribution in [0.25, 0.3) is 28.4 Å². The van der Waals surface area contributed by atoms with Crippen molar-refractivity contribution < 1.29 is 19.0 Å². The van der Waals surface area contributed by atoms with Crippen molar-refractivity contribution in [3.8, 4) is 11.3 Å². The minimum atomic E-state index is -1.36. The van der Waals surface area contributed by atoms with E-state index in [2.05, 4.69) is 20.1 Å². The summed E-state index contributed by atoms with van der Waals surface area (Å²) in [6, 6.07) is 5.23. The molecule has 4 heterocycles. The molecule has 0 spiro atoms. The van der Waals surface area contributed by atoms with Crippen molar-refractivity contribution in [3.63, 3.8) is 0 Å². The number of benzene rings is 1. The van der Waals surface area contributed by atoms with Crippen molar-refractivity contribution >= 4 is 22.9 Å². The standard InChI is InChI=1S/C26H26F2N6O2/c1-26(2,36)24(35)21-11-20-22(14-29-21)33-25(23(32-20)17-12-30-31-13-17)34-7-5-15(6-8-34)9-16-3-4-18(27)10-19(16)28/h3-4,9-14,24,35-36H,5-8H2,1-2H3,(H,30,31). The quantitative estimate of drug-likeness (QED) is 0.383. The molecule has 8 nitrogen and oxygen atoms in total. The summed E-state index contributed by atoms with van der Waals surface area (Å²) < 4.78 is 27.3. The molecule has 0 radical (unpaired) electrons. The number of aromatic nitrogens is 5. The SMILES string of the molecule is CC(C)(O)C(O)c1cc2nc(-c3cn[nH]c3)c(N3CCC(=Cc4ccc(F)cc4F)CC3)nc2cn1. The lowest BCUT2D eigenvalue weighted by atomic mass is 9.98. The Morgan fingerprint density at radius 1 is 1.08 bits per heavy atom. The van der Waals surface area contributed by atoms with Crippen molar-refractivity contribution in [2.24, 2.45) is 0 Å². The van der Waals surface area contributed by atoms with Crippen molar-refractivity contribution in [2.75, 3.05) is 18.0 Å². The predicted octanol–water partition coefficient (Wildman–Crippen LogP) is 4.18. The van der Waals surface area contributed by atoms with E-state index in [0.29, 0.717) is 59.7 Å². The maximum atomic E-state index is 14.1. The molecule has 1 saturated heterocycles. The highest BCUT2D eigenvalue weighted by Crippen LogP contribution is 2.33. The summed E-state index contributed by atoms with van der Waals surface area (Å²) in [5.74, 6) is -0.495. The predicted molar refractivity (Wildman–Crippen MR) is 132 cm³/mol. The summed E-state index contributed by atoms with van der Waals surface area (Å²) in [4.78, 5) is 16.1. The van der Waals surface area contributed by atoms with E-state index >= 15 is 0 Å². The van der Waals surface area contributed by atoms with Crippen LogP contribution in [-0.4, -0.2) is 54.1 Å². The summed E-state index contributed by atoms with van der Waals surface area (Å²) in [5.41, 5.74) is 2.86. The van der Waals surface area contributed by atoms with E-state index < -0.39 is 23.3 Å².